The zero-order valence-corrected chi connectivity index (χ0v) is 50.0. The van der Waals surface area contributed by atoms with Crippen molar-refractivity contribution >= 4 is 23.9 Å². The van der Waals surface area contributed by atoms with Crippen LogP contribution in [0.25, 0.3) is 22.3 Å². The summed E-state index contributed by atoms with van der Waals surface area (Å²) in [6, 6.07) is 39.5. The predicted molar refractivity (Wildman–Crippen MR) is 325 cm³/mol. The van der Waals surface area contributed by atoms with Crippen molar-refractivity contribution in [3.8, 4) is 56.8 Å². The van der Waals surface area contributed by atoms with Crippen molar-refractivity contribution in [1.29, 1.82) is 0 Å². The molecule has 0 saturated carbocycles. The molecular weight excluding hydrogens is 1130 g/mol. The summed E-state index contributed by atoms with van der Waals surface area (Å²) in [6.07, 6.45) is 7.91. The van der Waals surface area contributed by atoms with E-state index in [1.54, 1.807) is 24.3 Å². The Hall–Kier alpha value is -7.62. The molecule has 0 fully saturated rings. The van der Waals surface area contributed by atoms with E-state index in [2.05, 4.69) is 13.8 Å². The first-order chi connectivity index (χ1) is 42.0. The zero-order valence-electron chi connectivity index (χ0n) is 50.0. The Balaban J connectivity index is 0.820. The Kier molecular flexibility index (Phi) is 28.7. The van der Waals surface area contributed by atoms with Crippen molar-refractivity contribution in [3.05, 3.63) is 157 Å². The van der Waals surface area contributed by atoms with Gasteiger partial charge in [0.05, 0.1) is 24.3 Å². The highest BCUT2D eigenvalue weighted by atomic mass is 19.4. The van der Waals surface area contributed by atoms with Crippen LogP contribution in [0, 0.1) is 11.8 Å². The van der Waals surface area contributed by atoms with E-state index in [-0.39, 0.29) is 47.0 Å². The lowest BCUT2D eigenvalue weighted by Gasteiger charge is -2.19. The largest absolute Gasteiger partial charge is 0.494 e. The number of carbonyl (C=O) groups is 4. The number of halogens is 6. The van der Waals surface area contributed by atoms with Crippen LogP contribution in [-0.4, -0.2) is 49.4 Å². The molecule has 0 amide bonds. The van der Waals surface area contributed by atoms with Gasteiger partial charge >= 0.3 is 36.2 Å². The van der Waals surface area contributed by atoms with Gasteiger partial charge in [0.15, 0.2) is 11.8 Å². The fourth-order valence-electron chi connectivity index (χ4n) is 9.85. The summed E-state index contributed by atoms with van der Waals surface area (Å²) in [5, 5.41) is 0. The van der Waals surface area contributed by atoms with Crippen molar-refractivity contribution in [1.82, 2.24) is 0 Å². The smallest absolute Gasteiger partial charge is 0.402 e. The number of unbranched alkanes of at least 4 members (excludes halogenated alkanes) is 18. The van der Waals surface area contributed by atoms with E-state index in [0.29, 0.717) is 58.2 Å². The summed E-state index contributed by atoms with van der Waals surface area (Å²) in [7, 11) is 0. The van der Waals surface area contributed by atoms with Crippen LogP contribution in [0.1, 0.15) is 182 Å². The van der Waals surface area contributed by atoms with Crippen molar-refractivity contribution in [2.45, 2.75) is 174 Å². The third kappa shape index (κ3) is 24.6. The number of carbonyl (C=O) groups excluding carboxylic acids is 4. The zero-order chi connectivity index (χ0) is 62.3. The highest BCUT2D eigenvalue weighted by Gasteiger charge is 2.46. The molecule has 6 rings (SSSR count). The van der Waals surface area contributed by atoms with Gasteiger partial charge in [-0.3, -0.25) is 9.59 Å². The molecule has 87 heavy (non-hydrogen) atoms. The number of rotatable bonds is 38. The van der Waals surface area contributed by atoms with E-state index >= 15 is 0 Å². The van der Waals surface area contributed by atoms with Gasteiger partial charge in [-0.2, -0.15) is 26.3 Å². The lowest BCUT2D eigenvalue weighted by molar-refractivity contribution is -0.194. The molecule has 0 aromatic heterocycles. The Bertz CT molecular complexity index is 2760. The molecule has 0 aliphatic rings. The minimum atomic E-state index is -4.85. The molecule has 0 heterocycles. The second-order valence-corrected chi connectivity index (χ2v) is 21.9. The van der Waals surface area contributed by atoms with E-state index in [9.17, 15) is 45.5 Å². The Morgan fingerprint density at radius 1 is 0.310 bits per heavy atom. The van der Waals surface area contributed by atoms with E-state index in [4.69, 9.17) is 28.4 Å². The van der Waals surface area contributed by atoms with Crippen LogP contribution >= 0.6 is 0 Å². The lowest BCUT2D eigenvalue weighted by Crippen LogP contribution is -2.33. The molecule has 16 heteroatoms. The molecule has 0 N–H and O–H groups in total. The summed E-state index contributed by atoms with van der Waals surface area (Å²) in [4.78, 5) is 51.3. The second-order valence-electron chi connectivity index (χ2n) is 21.9. The maximum absolute atomic E-state index is 14.0. The minimum Gasteiger partial charge on any atom is -0.494 e. The topological polar surface area (TPSA) is 124 Å². The summed E-state index contributed by atoms with van der Waals surface area (Å²) in [5.41, 5.74) is 3.91. The fraction of sp³-hybridized carbons (Fsp3) is 0.437. The molecule has 2 atom stereocenters. The third-order valence-corrected chi connectivity index (χ3v) is 15.0. The van der Waals surface area contributed by atoms with Gasteiger partial charge in [0.2, 0.25) is 0 Å². The highest BCUT2D eigenvalue weighted by Crippen LogP contribution is 2.35. The average molecular weight is 1210 g/mol. The monoisotopic (exact) mass is 1210 g/mol. The Labute approximate surface area is 508 Å². The summed E-state index contributed by atoms with van der Waals surface area (Å²) < 4.78 is 117. The van der Waals surface area contributed by atoms with Gasteiger partial charge in [-0.25, -0.2) is 9.59 Å². The number of hydrogen-bond acceptors (Lipinski definition) is 10. The average Bonchev–Trinajstić information content (AvgIpc) is 3.66. The summed E-state index contributed by atoms with van der Waals surface area (Å²) in [6.45, 7) is 5.74. The number of hydrogen-bond donors (Lipinski definition) is 0. The van der Waals surface area contributed by atoms with E-state index in [1.807, 2.05) is 72.8 Å². The first-order valence-corrected chi connectivity index (χ1v) is 30.9. The SMILES string of the molecule is CCCCCCCCOc1ccc(-c2ccc(OC(=O)c3ccc(OC(=O)[C@H](CCCCCCCCCCC[C@@H](C(=O)Oc4ccc(C(=O)Oc5ccc(-c6ccc(OCCCCCCCC)cc6)cc5)cc4)C(F)(F)F)C(F)(F)F)cc3)cc2)cc1. The fourth-order valence-corrected chi connectivity index (χ4v) is 9.85. The molecule has 0 aliphatic carbocycles. The summed E-state index contributed by atoms with van der Waals surface area (Å²) >= 11 is 0. The van der Waals surface area contributed by atoms with Gasteiger partial charge in [0.1, 0.15) is 34.5 Å². The van der Waals surface area contributed by atoms with Crippen LogP contribution in [0.15, 0.2) is 146 Å². The van der Waals surface area contributed by atoms with Crippen LogP contribution in [-0.2, 0) is 9.59 Å². The van der Waals surface area contributed by atoms with Crippen LogP contribution in [0.5, 0.6) is 34.5 Å². The number of esters is 4. The quantitative estimate of drug-likeness (QED) is 0.0160. The maximum Gasteiger partial charge on any atom is 0.402 e. The molecule has 0 unspecified atom stereocenters. The van der Waals surface area contributed by atoms with E-state index < -0.39 is 60.9 Å². The lowest BCUT2D eigenvalue weighted by atomic mass is 9.98. The van der Waals surface area contributed by atoms with E-state index in [1.165, 1.54) is 99.9 Å². The van der Waals surface area contributed by atoms with Gasteiger partial charge in [-0.1, -0.05) is 184 Å². The number of alkyl halides is 6. The molecule has 0 bridgehead atoms. The molecule has 0 aliphatic heterocycles. The maximum atomic E-state index is 14.0. The molecule has 10 nitrogen and oxygen atoms in total. The second kappa shape index (κ2) is 36.5. The van der Waals surface area contributed by atoms with Gasteiger partial charge in [0.25, 0.3) is 0 Å². The highest BCUT2D eigenvalue weighted by molar-refractivity contribution is 5.92. The van der Waals surface area contributed by atoms with Gasteiger partial charge < -0.3 is 28.4 Å². The van der Waals surface area contributed by atoms with Gasteiger partial charge in [-0.05, 0) is 145 Å². The molecule has 0 radical (unpaired) electrons. The van der Waals surface area contributed by atoms with Crippen LogP contribution in [0.4, 0.5) is 26.3 Å². The van der Waals surface area contributed by atoms with Crippen molar-refractivity contribution in [2.75, 3.05) is 13.2 Å². The van der Waals surface area contributed by atoms with Crippen LogP contribution < -0.4 is 28.4 Å². The molecule has 6 aromatic rings. The van der Waals surface area contributed by atoms with Crippen molar-refractivity contribution in [2.24, 2.45) is 11.8 Å². The Morgan fingerprint density at radius 3 is 0.839 bits per heavy atom. The van der Waals surface area contributed by atoms with Crippen molar-refractivity contribution in [3.63, 3.8) is 0 Å². The minimum absolute atomic E-state index is 0.0973. The molecule has 0 saturated heterocycles. The molecule has 468 valence electrons. The Morgan fingerprint density at radius 2 is 0.552 bits per heavy atom. The first-order valence-electron chi connectivity index (χ1n) is 30.9. The number of benzene rings is 6. The van der Waals surface area contributed by atoms with Crippen LogP contribution in [0.3, 0.4) is 0 Å². The van der Waals surface area contributed by atoms with Gasteiger partial charge in [0, 0.05) is 0 Å². The standard InChI is InChI=1S/C71H82F6O10/c1-3-5-7-9-18-22-50-82-58-38-26-52(27-39-58)54-30-42-60(43-31-54)84-66(78)56-34-46-62(47-35-56)86-68(80)64(70(72,73)74)24-20-16-14-12-11-13-15-17-21-25-65(71(75,76)77)69(81)87-63-48-36-57(37-49-63)67(79)85-61-44-32-55(33-45-61)53-28-40-59(41-29-53)83-51-23-19-10-8-6-4-2/h26-49,64-65H,3-25,50-51H2,1-2H3/t64-,65-/m0/s1. The third-order valence-electron chi connectivity index (χ3n) is 15.0. The predicted octanol–water partition coefficient (Wildman–Crippen LogP) is 20.1. The molecule has 0 spiro atoms. The summed E-state index contributed by atoms with van der Waals surface area (Å²) in [5.74, 6) is -7.19. The van der Waals surface area contributed by atoms with E-state index in [0.717, 1.165) is 59.4 Å². The molecule has 6 aromatic carbocycles. The van der Waals surface area contributed by atoms with Crippen molar-refractivity contribution < 1.29 is 73.9 Å². The van der Waals surface area contributed by atoms with Crippen LogP contribution in [0.2, 0.25) is 0 Å². The molecular formula is C71H82F6O10. The number of ether oxygens (including phenoxy) is 6. The van der Waals surface area contributed by atoms with Gasteiger partial charge in [-0.15, -0.1) is 0 Å². The first kappa shape index (κ1) is 68.5. The normalized spacial score (nSPS) is 12.2.